The monoisotopic (exact) mass is 476 g/mol. The molecule has 3 rings (SSSR count). The van der Waals surface area contributed by atoms with Crippen molar-refractivity contribution in [3.05, 3.63) is 77.9 Å². The number of methoxy groups -OCH3 is 2. The van der Waals surface area contributed by atoms with Gasteiger partial charge >= 0.3 is 5.97 Å². The van der Waals surface area contributed by atoms with Crippen LogP contribution in [0.1, 0.15) is 61.4 Å². The molecule has 5 heteroatoms. The molecule has 0 spiro atoms. The average Bonchev–Trinajstić information content (AvgIpc) is 2.91. The second-order valence-electron chi connectivity index (χ2n) is 8.43. The van der Waals surface area contributed by atoms with Crippen LogP contribution in [0.3, 0.4) is 0 Å². The molecule has 0 saturated heterocycles. The molecule has 35 heavy (non-hydrogen) atoms. The predicted octanol–water partition coefficient (Wildman–Crippen LogP) is 7.47. The zero-order chi connectivity index (χ0) is 24.9. The molecule has 0 amide bonds. The Kier molecular flexibility index (Phi) is 10.5. The van der Waals surface area contributed by atoms with Gasteiger partial charge in [0, 0.05) is 5.56 Å². The van der Waals surface area contributed by atoms with Crippen molar-refractivity contribution in [2.45, 2.75) is 52.1 Å². The van der Waals surface area contributed by atoms with E-state index in [-0.39, 0.29) is 0 Å². The first-order valence-electron chi connectivity index (χ1n) is 12.4. The molecular formula is C30H36O5. The zero-order valence-corrected chi connectivity index (χ0v) is 21.0. The van der Waals surface area contributed by atoms with Gasteiger partial charge < -0.3 is 18.9 Å². The number of rotatable bonds is 14. The van der Waals surface area contributed by atoms with Gasteiger partial charge in [-0.3, -0.25) is 0 Å². The van der Waals surface area contributed by atoms with Crippen molar-refractivity contribution in [3.8, 4) is 28.4 Å². The number of hydrogen-bond donors (Lipinski definition) is 0. The van der Waals surface area contributed by atoms with E-state index in [2.05, 4.69) is 6.92 Å². The Labute approximate surface area is 209 Å². The Balaban J connectivity index is 1.77. The van der Waals surface area contributed by atoms with Gasteiger partial charge in [-0.1, -0.05) is 81.5 Å². The molecule has 0 unspecified atom stereocenters. The highest BCUT2D eigenvalue weighted by Crippen LogP contribution is 2.41. The second kappa shape index (κ2) is 14.1. The van der Waals surface area contributed by atoms with Gasteiger partial charge in [-0.05, 0) is 41.8 Å². The molecule has 0 saturated carbocycles. The van der Waals surface area contributed by atoms with Gasteiger partial charge in [-0.2, -0.15) is 0 Å². The lowest BCUT2D eigenvalue weighted by Gasteiger charge is -2.18. The lowest BCUT2D eigenvalue weighted by Crippen LogP contribution is -2.07. The number of hydrogen-bond acceptors (Lipinski definition) is 5. The van der Waals surface area contributed by atoms with Crippen LogP contribution in [0.2, 0.25) is 0 Å². The third kappa shape index (κ3) is 7.51. The van der Waals surface area contributed by atoms with E-state index in [1.807, 2.05) is 54.6 Å². The highest BCUT2D eigenvalue weighted by atomic mass is 16.5. The van der Waals surface area contributed by atoms with E-state index < -0.39 is 5.97 Å². The van der Waals surface area contributed by atoms with Gasteiger partial charge in [0.15, 0.2) is 11.5 Å². The molecule has 0 fully saturated rings. The predicted molar refractivity (Wildman–Crippen MR) is 139 cm³/mol. The number of ether oxygens (including phenoxy) is 4. The minimum Gasteiger partial charge on any atom is -0.492 e. The van der Waals surface area contributed by atoms with Crippen LogP contribution in [0.15, 0.2) is 66.7 Å². The smallest absolute Gasteiger partial charge is 0.338 e. The van der Waals surface area contributed by atoms with Gasteiger partial charge in [-0.15, -0.1) is 0 Å². The fourth-order valence-electron chi connectivity index (χ4n) is 3.97. The minimum atomic E-state index is -0.426. The van der Waals surface area contributed by atoms with Crippen molar-refractivity contribution in [3.63, 3.8) is 0 Å². The van der Waals surface area contributed by atoms with Gasteiger partial charge in [0.2, 0.25) is 0 Å². The summed E-state index contributed by atoms with van der Waals surface area (Å²) in [6, 6.07) is 21.2. The largest absolute Gasteiger partial charge is 0.492 e. The van der Waals surface area contributed by atoms with Crippen LogP contribution in [0, 0.1) is 0 Å². The first-order chi connectivity index (χ1) is 17.2. The van der Waals surface area contributed by atoms with E-state index in [0.717, 1.165) is 29.7 Å². The van der Waals surface area contributed by atoms with Crippen LogP contribution in [0.5, 0.6) is 17.2 Å². The van der Waals surface area contributed by atoms with Crippen LogP contribution < -0.4 is 14.2 Å². The maximum atomic E-state index is 12.6. The summed E-state index contributed by atoms with van der Waals surface area (Å²) in [5.41, 5.74) is 2.99. The van der Waals surface area contributed by atoms with E-state index in [4.69, 9.17) is 18.9 Å². The first kappa shape index (κ1) is 26.1. The van der Waals surface area contributed by atoms with Gasteiger partial charge in [0.25, 0.3) is 0 Å². The highest BCUT2D eigenvalue weighted by Gasteiger charge is 2.22. The topological polar surface area (TPSA) is 54.0 Å². The van der Waals surface area contributed by atoms with Crippen LogP contribution in [-0.4, -0.2) is 26.8 Å². The van der Waals surface area contributed by atoms with Gasteiger partial charge in [0.1, 0.15) is 12.4 Å². The van der Waals surface area contributed by atoms with Crippen LogP contribution in [0.25, 0.3) is 11.1 Å². The van der Waals surface area contributed by atoms with Gasteiger partial charge in [0.05, 0.1) is 26.4 Å². The van der Waals surface area contributed by atoms with E-state index in [9.17, 15) is 4.79 Å². The Morgan fingerprint density at radius 1 is 0.771 bits per heavy atom. The quantitative estimate of drug-likeness (QED) is 0.178. The molecule has 0 aromatic heterocycles. The van der Waals surface area contributed by atoms with Crippen LogP contribution >= 0.6 is 0 Å². The normalized spacial score (nSPS) is 10.6. The average molecular weight is 477 g/mol. The Hall–Kier alpha value is -3.47. The third-order valence-electron chi connectivity index (χ3n) is 5.88. The lowest BCUT2D eigenvalue weighted by molar-refractivity contribution is 0.0601. The molecule has 0 aliphatic carbocycles. The highest BCUT2D eigenvalue weighted by molar-refractivity contribution is 6.00. The molecule has 3 aromatic rings. The summed E-state index contributed by atoms with van der Waals surface area (Å²) >= 11 is 0. The summed E-state index contributed by atoms with van der Waals surface area (Å²) in [5.74, 6) is 1.46. The lowest BCUT2D eigenvalue weighted by atomic mass is 9.97. The molecule has 0 radical (unpaired) electrons. The zero-order valence-electron chi connectivity index (χ0n) is 21.0. The molecule has 3 aromatic carbocycles. The van der Waals surface area contributed by atoms with Crippen LogP contribution in [0.4, 0.5) is 0 Å². The van der Waals surface area contributed by atoms with Crippen molar-refractivity contribution in [1.82, 2.24) is 0 Å². The number of esters is 1. The number of benzene rings is 3. The minimum absolute atomic E-state index is 0.425. The summed E-state index contributed by atoms with van der Waals surface area (Å²) < 4.78 is 22.8. The van der Waals surface area contributed by atoms with Gasteiger partial charge in [-0.25, -0.2) is 4.79 Å². The molecular weight excluding hydrogens is 440 g/mol. The van der Waals surface area contributed by atoms with Crippen molar-refractivity contribution in [2.24, 2.45) is 0 Å². The van der Waals surface area contributed by atoms with E-state index in [1.54, 1.807) is 19.2 Å². The fourth-order valence-corrected chi connectivity index (χ4v) is 3.97. The summed E-state index contributed by atoms with van der Waals surface area (Å²) in [7, 11) is 2.97. The maximum Gasteiger partial charge on any atom is 0.338 e. The van der Waals surface area contributed by atoms with Crippen molar-refractivity contribution in [1.29, 1.82) is 0 Å². The SMILES string of the molecule is CCCCCCCCOc1ccc(C(=O)OC)c(-c2ccc(OCc3ccccc3)cc2)c1OC. The van der Waals surface area contributed by atoms with E-state index in [1.165, 1.54) is 32.8 Å². The molecule has 0 aliphatic heterocycles. The Morgan fingerprint density at radius 3 is 2.17 bits per heavy atom. The molecule has 5 nitrogen and oxygen atoms in total. The van der Waals surface area contributed by atoms with Crippen molar-refractivity contribution >= 4 is 5.97 Å². The molecule has 186 valence electrons. The fraction of sp³-hybridized carbons (Fsp3) is 0.367. The second-order valence-corrected chi connectivity index (χ2v) is 8.43. The van der Waals surface area contributed by atoms with E-state index in [0.29, 0.717) is 35.8 Å². The van der Waals surface area contributed by atoms with Crippen molar-refractivity contribution in [2.75, 3.05) is 20.8 Å². The first-order valence-corrected chi connectivity index (χ1v) is 12.4. The van der Waals surface area contributed by atoms with E-state index >= 15 is 0 Å². The molecule has 0 bridgehead atoms. The number of unbranched alkanes of at least 4 members (excludes halogenated alkanes) is 5. The molecule has 0 N–H and O–H groups in total. The summed E-state index contributed by atoms with van der Waals surface area (Å²) in [6.07, 6.45) is 7.13. The maximum absolute atomic E-state index is 12.6. The standard InChI is InChI=1S/C30H36O5/c1-4-5-6-7-8-12-21-34-27-20-19-26(30(31)33-3)28(29(27)32-2)24-15-17-25(18-16-24)35-22-23-13-10-9-11-14-23/h9-11,13-20H,4-8,12,21-22H2,1-3H3. The molecule has 0 heterocycles. The molecule has 0 atom stereocenters. The third-order valence-corrected chi connectivity index (χ3v) is 5.88. The molecule has 0 aliphatic rings. The number of carbonyl (C=O) groups excluding carboxylic acids is 1. The summed E-state index contributed by atoms with van der Waals surface area (Å²) in [6.45, 7) is 3.31. The van der Waals surface area contributed by atoms with Crippen molar-refractivity contribution < 1.29 is 23.7 Å². The summed E-state index contributed by atoms with van der Waals surface area (Å²) in [5, 5.41) is 0. The summed E-state index contributed by atoms with van der Waals surface area (Å²) in [4.78, 5) is 12.6. The number of carbonyl (C=O) groups is 1. The van der Waals surface area contributed by atoms with Crippen LogP contribution in [-0.2, 0) is 11.3 Å². The Bertz CT molecular complexity index is 1040. The Morgan fingerprint density at radius 2 is 1.49 bits per heavy atom.